The highest BCUT2D eigenvalue weighted by Crippen LogP contribution is 2.34. The van der Waals surface area contributed by atoms with Gasteiger partial charge in [-0.05, 0) is 49.9 Å². The Balaban J connectivity index is 1.30. The van der Waals surface area contributed by atoms with Gasteiger partial charge in [0.1, 0.15) is 0 Å². The lowest BCUT2D eigenvalue weighted by Crippen LogP contribution is -2.47. The Hall–Kier alpha value is -2.17. The number of nitrogens with one attached hydrogen (secondary N) is 1. The number of piperidine rings is 1. The van der Waals surface area contributed by atoms with Gasteiger partial charge in [0.15, 0.2) is 0 Å². The van der Waals surface area contributed by atoms with Crippen molar-refractivity contribution in [2.24, 2.45) is 5.92 Å². The first-order valence-corrected chi connectivity index (χ1v) is 10.9. The van der Waals surface area contributed by atoms with Crippen LogP contribution in [0.5, 0.6) is 0 Å². The first-order chi connectivity index (χ1) is 14.3. The molecule has 2 heterocycles. The molecule has 0 spiro atoms. The van der Waals surface area contributed by atoms with E-state index in [9.17, 15) is 4.79 Å². The molecule has 2 aromatic carbocycles. The monoisotopic (exact) mass is 392 g/mol. The van der Waals surface area contributed by atoms with Crippen molar-refractivity contribution in [1.29, 1.82) is 0 Å². The molecule has 2 fully saturated rings. The quantitative estimate of drug-likeness (QED) is 0.814. The van der Waals surface area contributed by atoms with Gasteiger partial charge in [0, 0.05) is 37.6 Å². The summed E-state index contributed by atoms with van der Waals surface area (Å²) in [6, 6.07) is 21.2. The number of hydrogen-bond donors (Lipinski definition) is 1. The largest absolute Gasteiger partial charge is 0.381 e. The fraction of sp³-hybridized carbons (Fsp3) is 0.480. The van der Waals surface area contributed by atoms with E-state index in [-0.39, 0.29) is 17.2 Å². The first-order valence-electron chi connectivity index (χ1n) is 10.9. The number of amides is 1. The number of nitrogens with zero attached hydrogens (tertiary/aromatic N) is 1. The van der Waals surface area contributed by atoms with Gasteiger partial charge < -0.3 is 10.1 Å². The molecule has 2 aromatic rings. The van der Waals surface area contributed by atoms with Crippen molar-refractivity contribution in [1.82, 2.24) is 10.2 Å². The molecule has 0 bridgehead atoms. The molecule has 1 N–H and O–H groups in total. The topological polar surface area (TPSA) is 41.6 Å². The Labute approximate surface area is 174 Å². The van der Waals surface area contributed by atoms with E-state index in [1.807, 2.05) is 0 Å². The van der Waals surface area contributed by atoms with Crippen LogP contribution < -0.4 is 5.32 Å². The molecule has 0 unspecified atom stereocenters. The minimum atomic E-state index is 0.00316. The lowest BCUT2D eigenvalue weighted by atomic mass is 9.74. The average Bonchev–Trinajstić information content (AvgIpc) is 2.80. The molecule has 2 saturated heterocycles. The Morgan fingerprint density at radius 1 is 0.966 bits per heavy atom. The molecule has 4 heteroatoms. The van der Waals surface area contributed by atoms with Crippen LogP contribution in [-0.2, 0) is 21.5 Å². The summed E-state index contributed by atoms with van der Waals surface area (Å²) in [5, 5.41) is 3.31. The summed E-state index contributed by atoms with van der Waals surface area (Å²) in [7, 11) is 0. The maximum atomic E-state index is 12.9. The second kappa shape index (κ2) is 9.55. The van der Waals surface area contributed by atoms with Crippen LogP contribution in [0.1, 0.15) is 36.8 Å². The van der Waals surface area contributed by atoms with Crippen LogP contribution in [0.25, 0.3) is 0 Å². The van der Waals surface area contributed by atoms with E-state index in [1.165, 1.54) is 11.1 Å². The minimum absolute atomic E-state index is 0.00316. The van der Waals surface area contributed by atoms with Gasteiger partial charge in [0.25, 0.3) is 0 Å². The zero-order valence-corrected chi connectivity index (χ0v) is 17.2. The molecule has 2 aliphatic rings. The van der Waals surface area contributed by atoms with E-state index in [4.69, 9.17) is 4.74 Å². The van der Waals surface area contributed by atoms with Crippen LogP contribution in [0, 0.1) is 5.92 Å². The molecule has 0 aromatic heterocycles. The molecule has 0 atom stereocenters. The highest BCUT2D eigenvalue weighted by molar-refractivity contribution is 5.78. The summed E-state index contributed by atoms with van der Waals surface area (Å²) in [6.07, 6.45) is 3.82. The van der Waals surface area contributed by atoms with E-state index in [2.05, 4.69) is 70.9 Å². The molecule has 4 rings (SSSR count). The second-order valence-electron chi connectivity index (χ2n) is 8.51. The molecule has 0 radical (unpaired) electrons. The number of carbonyl (C=O) groups is 1. The molecule has 1 amide bonds. The minimum Gasteiger partial charge on any atom is -0.381 e. The van der Waals surface area contributed by atoms with Crippen molar-refractivity contribution >= 4 is 5.91 Å². The van der Waals surface area contributed by atoms with Crippen LogP contribution in [0.2, 0.25) is 0 Å². The maximum Gasteiger partial charge on any atom is 0.223 e. The first kappa shape index (κ1) is 20.1. The van der Waals surface area contributed by atoms with Crippen LogP contribution in [0.3, 0.4) is 0 Å². The van der Waals surface area contributed by atoms with Crippen molar-refractivity contribution in [3.8, 4) is 0 Å². The summed E-state index contributed by atoms with van der Waals surface area (Å²) in [6.45, 7) is 5.20. The zero-order chi connectivity index (χ0) is 19.9. The molecular weight excluding hydrogens is 360 g/mol. The van der Waals surface area contributed by atoms with Gasteiger partial charge in [-0.25, -0.2) is 0 Å². The van der Waals surface area contributed by atoms with Crippen molar-refractivity contribution in [3.05, 3.63) is 71.8 Å². The number of hydrogen-bond acceptors (Lipinski definition) is 3. The van der Waals surface area contributed by atoms with E-state index < -0.39 is 0 Å². The molecule has 4 nitrogen and oxygen atoms in total. The Kier molecular flexibility index (Phi) is 6.63. The molecular formula is C25H32N2O2. The van der Waals surface area contributed by atoms with Crippen molar-refractivity contribution in [2.45, 2.75) is 37.6 Å². The summed E-state index contributed by atoms with van der Waals surface area (Å²) in [4.78, 5) is 15.4. The standard InChI is InChI=1S/C25H32N2O2/c28-24(22-11-15-27(16-12-22)19-21-7-3-1-4-8-21)26-20-25(13-17-29-18-14-25)23-9-5-2-6-10-23/h1-10,22H,11-20H2,(H,26,28). The number of ether oxygens (including phenoxy) is 1. The highest BCUT2D eigenvalue weighted by atomic mass is 16.5. The molecule has 0 aliphatic carbocycles. The van der Waals surface area contributed by atoms with Gasteiger partial charge in [-0.1, -0.05) is 60.7 Å². The van der Waals surface area contributed by atoms with E-state index >= 15 is 0 Å². The summed E-state index contributed by atoms with van der Waals surface area (Å²) >= 11 is 0. The SMILES string of the molecule is O=C(NCC1(c2ccccc2)CCOCC1)C1CCN(Cc2ccccc2)CC1. The summed E-state index contributed by atoms with van der Waals surface area (Å²) < 4.78 is 5.61. The fourth-order valence-electron chi connectivity index (χ4n) is 4.72. The van der Waals surface area contributed by atoms with Crippen LogP contribution in [0.4, 0.5) is 0 Å². The lowest BCUT2D eigenvalue weighted by molar-refractivity contribution is -0.127. The Morgan fingerprint density at radius 2 is 1.59 bits per heavy atom. The van der Waals surface area contributed by atoms with Gasteiger partial charge in [-0.3, -0.25) is 9.69 Å². The normalized spacial score (nSPS) is 20.3. The smallest absolute Gasteiger partial charge is 0.223 e. The van der Waals surface area contributed by atoms with Crippen LogP contribution in [0.15, 0.2) is 60.7 Å². The zero-order valence-electron chi connectivity index (χ0n) is 17.2. The Bertz CT molecular complexity index is 764. The molecule has 0 saturated carbocycles. The lowest BCUT2D eigenvalue weighted by Gasteiger charge is -2.38. The van der Waals surface area contributed by atoms with E-state index in [1.54, 1.807) is 0 Å². The van der Waals surface area contributed by atoms with Gasteiger partial charge in [-0.2, -0.15) is 0 Å². The van der Waals surface area contributed by atoms with Crippen LogP contribution >= 0.6 is 0 Å². The van der Waals surface area contributed by atoms with E-state index in [0.717, 1.165) is 58.5 Å². The third-order valence-corrected chi connectivity index (χ3v) is 6.64. The summed E-state index contributed by atoms with van der Waals surface area (Å²) in [5.41, 5.74) is 2.67. The predicted octanol–water partition coefficient (Wildman–Crippen LogP) is 3.76. The van der Waals surface area contributed by atoms with Crippen molar-refractivity contribution < 1.29 is 9.53 Å². The third kappa shape index (κ3) is 5.06. The van der Waals surface area contributed by atoms with Crippen molar-refractivity contribution in [2.75, 3.05) is 32.8 Å². The predicted molar refractivity (Wildman–Crippen MR) is 116 cm³/mol. The van der Waals surface area contributed by atoms with Gasteiger partial charge in [0.05, 0.1) is 0 Å². The fourth-order valence-corrected chi connectivity index (χ4v) is 4.72. The maximum absolute atomic E-state index is 12.9. The number of rotatable bonds is 6. The molecule has 29 heavy (non-hydrogen) atoms. The summed E-state index contributed by atoms with van der Waals surface area (Å²) in [5.74, 6) is 0.362. The third-order valence-electron chi connectivity index (χ3n) is 6.64. The van der Waals surface area contributed by atoms with Gasteiger partial charge in [-0.15, -0.1) is 0 Å². The number of carbonyl (C=O) groups excluding carboxylic acids is 1. The van der Waals surface area contributed by atoms with Crippen LogP contribution in [-0.4, -0.2) is 43.7 Å². The van der Waals surface area contributed by atoms with E-state index in [0.29, 0.717) is 6.54 Å². The Morgan fingerprint density at radius 3 is 2.24 bits per heavy atom. The van der Waals surface area contributed by atoms with Gasteiger partial charge in [0.2, 0.25) is 5.91 Å². The average molecular weight is 393 g/mol. The molecule has 154 valence electrons. The molecule has 2 aliphatic heterocycles. The van der Waals surface area contributed by atoms with Gasteiger partial charge >= 0.3 is 0 Å². The number of benzene rings is 2. The van der Waals surface area contributed by atoms with Crippen molar-refractivity contribution in [3.63, 3.8) is 0 Å². The second-order valence-corrected chi connectivity index (χ2v) is 8.51. The highest BCUT2D eigenvalue weighted by Gasteiger charge is 2.35. The number of likely N-dealkylation sites (tertiary alicyclic amines) is 1.